The van der Waals surface area contributed by atoms with E-state index in [1.54, 1.807) is 0 Å². The molecule has 0 fully saturated rings. The van der Waals surface area contributed by atoms with Crippen molar-refractivity contribution < 1.29 is 0 Å². The first-order chi connectivity index (χ1) is 12.3. The Balaban J connectivity index is 1.88. The normalized spacial score (nSPS) is 10.8. The van der Waals surface area contributed by atoms with E-state index in [2.05, 4.69) is 60.5 Å². The molecule has 0 aliphatic carbocycles. The summed E-state index contributed by atoms with van der Waals surface area (Å²) in [6.07, 6.45) is 14.7. The van der Waals surface area contributed by atoms with Crippen molar-refractivity contribution >= 4 is 11.5 Å². The number of hydrogen-bond acceptors (Lipinski definition) is 2. The second-order valence-corrected chi connectivity index (χ2v) is 7.00. The Kier molecular flexibility index (Phi) is 9.11. The predicted octanol–water partition coefficient (Wildman–Crippen LogP) is 7.07. The third kappa shape index (κ3) is 7.72. The number of unbranched alkanes of at least 4 members (excludes halogenated alkanes) is 6. The number of aryl methyl sites for hydroxylation is 2. The summed E-state index contributed by atoms with van der Waals surface area (Å²) in [6, 6.07) is 13.1. The van der Waals surface area contributed by atoms with Crippen LogP contribution in [0.3, 0.4) is 0 Å². The Morgan fingerprint density at radius 3 is 2.12 bits per heavy atom. The zero-order chi connectivity index (χ0) is 17.7. The van der Waals surface area contributed by atoms with E-state index in [-0.39, 0.29) is 0 Å². The standard InChI is InChI=1S/C23H34N2/c1-3-5-7-9-12-20-14-11-15-22(18-20)25-23-19-21(16-17-24-23)13-10-8-6-4-2/h11,14-19H,3-10,12-13H2,1-2H3,(H,24,25). The topological polar surface area (TPSA) is 24.9 Å². The van der Waals surface area contributed by atoms with Gasteiger partial charge in [-0.3, -0.25) is 0 Å². The van der Waals surface area contributed by atoms with Gasteiger partial charge in [0.15, 0.2) is 0 Å². The second-order valence-electron chi connectivity index (χ2n) is 7.00. The first-order valence-corrected chi connectivity index (χ1v) is 10.1. The molecule has 0 aliphatic rings. The highest BCUT2D eigenvalue weighted by Gasteiger charge is 2.01. The molecule has 2 heteroatoms. The molecular weight excluding hydrogens is 304 g/mol. The molecule has 0 radical (unpaired) electrons. The number of benzene rings is 1. The molecule has 2 nitrogen and oxygen atoms in total. The number of hydrogen-bond donors (Lipinski definition) is 1. The van der Waals surface area contributed by atoms with Crippen LogP contribution >= 0.6 is 0 Å². The summed E-state index contributed by atoms with van der Waals surface area (Å²) in [7, 11) is 0. The summed E-state index contributed by atoms with van der Waals surface area (Å²) < 4.78 is 0. The Hall–Kier alpha value is -1.83. The van der Waals surface area contributed by atoms with Crippen LogP contribution in [0.1, 0.15) is 76.3 Å². The van der Waals surface area contributed by atoms with Gasteiger partial charge in [-0.25, -0.2) is 4.98 Å². The molecule has 136 valence electrons. The van der Waals surface area contributed by atoms with Gasteiger partial charge in [0.2, 0.25) is 0 Å². The minimum atomic E-state index is 0.955. The monoisotopic (exact) mass is 338 g/mol. The lowest BCUT2D eigenvalue weighted by atomic mass is 10.1. The highest BCUT2D eigenvalue weighted by atomic mass is 15.0. The van der Waals surface area contributed by atoms with Gasteiger partial charge in [0, 0.05) is 11.9 Å². The SMILES string of the molecule is CCCCCCc1cccc(Nc2cc(CCCCCC)ccn2)c1. The number of rotatable bonds is 12. The Morgan fingerprint density at radius 1 is 0.760 bits per heavy atom. The molecule has 1 heterocycles. The number of nitrogens with one attached hydrogen (secondary N) is 1. The van der Waals surface area contributed by atoms with Gasteiger partial charge in [-0.1, -0.05) is 64.5 Å². The lowest BCUT2D eigenvalue weighted by Gasteiger charge is -2.09. The second kappa shape index (κ2) is 11.7. The fourth-order valence-electron chi connectivity index (χ4n) is 3.16. The van der Waals surface area contributed by atoms with Crippen LogP contribution in [-0.4, -0.2) is 4.98 Å². The van der Waals surface area contributed by atoms with Gasteiger partial charge >= 0.3 is 0 Å². The van der Waals surface area contributed by atoms with Crippen LogP contribution in [0.4, 0.5) is 11.5 Å². The molecule has 1 aromatic heterocycles. The molecule has 0 bridgehead atoms. The van der Waals surface area contributed by atoms with Crippen molar-refractivity contribution in [2.45, 2.75) is 78.1 Å². The summed E-state index contributed by atoms with van der Waals surface area (Å²) >= 11 is 0. The molecule has 2 aromatic rings. The fraction of sp³-hybridized carbons (Fsp3) is 0.522. The van der Waals surface area contributed by atoms with E-state index < -0.39 is 0 Å². The van der Waals surface area contributed by atoms with Crippen molar-refractivity contribution in [1.82, 2.24) is 4.98 Å². The van der Waals surface area contributed by atoms with Crippen LogP contribution in [-0.2, 0) is 12.8 Å². The van der Waals surface area contributed by atoms with E-state index in [9.17, 15) is 0 Å². The van der Waals surface area contributed by atoms with Crippen LogP contribution in [0.5, 0.6) is 0 Å². The van der Waals surface area contributed by atoms with Crippen molar-refractivity contribution in [1.29, 1.82) is 0 Å². The van der Waals surface area contributed by atoms with Crippen LogP contribution in [0, 0.1) is 0 Å². The van der Waals surface area contributed by atoms with Crippen molar-refractivity contribution in [3.63, 3.8) is 0 Å². The largest absolute Gasteiger partial charge is 0.340 e. The van der Waals surface area contributed by atoms with Gasteiger partial charge in [0.25, 0.3) is 0 Å². The molecule has 0 spiro atoms. The Bertz CT molecular complexity index is 553. The Morgan fingerprint density at radius 2 is 1.44 bits per heavy atom. The zero-order valence-electron chi connectivity index (χ0n) is 16.1. The maximum Gasteiger partial charge on any atom is 0.130 e. The summed E-state index contributed by atoms with van der Waals surface area (Å²) in [4.78, 5) is 4.48. The minimum absolute atomic E-state index is 0.955. The van der Waals surface area contributed by atoms with E-state index >= 15 is 0 Å². The van der Waals surface area contributed by atoms with Gasteiger partial charge in [-0.05, 0) is 61.1 Å². The minimum Gasteiger partial charge on any atom is -0.340 e. The van der Waals surface area contributed by atoms with E-state index in [1.165, 1.54) is 68.9 Å². The van der Waals surface area contributed by atoms with E-state index in [4.69, 9.17) is 0 Å². The molecule has 0 saturated heterocycles. The molecule has 2 rings (SSSR count). The molecule has 0 unspecified atom stereocenters. The molecule has 0 atom stereocenters. The molecule has 0 saturated carbocycles. The number of nitrogens with zero attached hydrogens (tertiary/aromatic N) is 1. The Labute approximate surface area is 154 Å². The van der Waals surface area contributed by atoms with Gasteiger partial charge in [0.1, 0.15) is 5.82 Å². The summed E-state index contributed by atoms with van der Waals surface area (Å²) in [6.45, 7) is 4.52. The van der Waals surface area contributed by atoms with Crippen LogP contribution in [0.15, 0.2) is 42.6 Å². The van der Waals surface area contributed by atoms with Crippen LogP contribution in [0.25, 0.3) is 0 Å². The first-order valence-electron chi connectivity index (χ1n) is 10.1. The predicted molar refractivity (Wildman–Crippen MR) is 110 cm³/mol. The first kappa shape index (κ1) is 19.5. The van der Waals surface area contributed by atoms with Gasteiger partial charge in [-0.2, -0.15) is 0 Å². The van der Waals surface area contributed by atoms with Gasteiger partial charge < -0.3 is 5.32 Å². The van der Waals surface area contributed by atoms with Gasteiger partial charge in [-0.15, -0.1) is 0 Å². The quantitative estimate of drug-likeness (QED) is 0.419. The number of pyridine rings is 1. The highest BCUT2D eigenvalue weighted by molar-refractivity contribution is 5.57. The zero-order valence-corrected chi connectivity index (χ0v) is 16.1. The van der Waals surface area contributed by atoms with Crippen molar-refractivity contribution in [2.75, 3.05) is 5.32 Å². The van der Waals surface area contributed by atoms with Crippen molar-refractivity contribution in [2.24, 2.45) is 0 Å². The van der Waals surface area contributed by atoms with Crippen LogP contribution in [0.2, 0.25) is 0 Å². The molecule has 1 aromatic carbocycles. The third-order valence-electron chi connectivity index (χ3n) is 4.66. The summed E-state index contributed by atoms with van der Waals surface area (Å²) in [5, 5.41) is 3.48. The molecule has 1 N–H and O–H groups in total. The third-order valence-corrected chi connectivity index (χ3v) is 4.66. The molecular formula is C23H34N2. The average Bonchev–Trinajstić information content (AvgIpc) is 2.63. The summed E-state index contributed by atoms with van der Waals surface area (Å²) in [5.41, 5.74) is 3.93. The number of aromatic nitrogens is 1. The molecule has 0 amide bonds. The van der Waals surface area contributed by atoms with Gasteiger partial charge in [0.05, 0.1) is 0 Å². The lowest BCUT2D eigenvalue weighted by Crippen LogP contribution is -1.96. The smallest absolute Gasteiger partial charge is 0.130 e. The van der Waals surface area contributed by atoms with Crippen LogP contribution < -0.4 is 5.32 Å². The van der Waals surface area contributed by atoms with Crippen molar-refractivity contribution in [3.05, 3.63) is 53.7 Å². The maximum atomic E-state index is 4.48. The van der Waals surface area contributed by atoms with Crippen molar-refractivity contribution in [3.8, 4) is 0 Å². The van der Waals surface area contributed by atoms with E-state index in [0.29, 0.717) is 0 Å². The molecule has 25 heavy (non-hydrogen) atoms. The summed E-state index contributed by atoms with van der Waals surface area (Å²) in [5.74, 6) is 0.955. The average molecular weight is 339 g/mol. The van der Waals surface area contributed by atoms with E-state index in [0.717, 1.165) is 17.9 Å². The number of anilines is 2. The maximum absolute atomic E-state index is 4.48. The fourth-order valence-corrected chi connectivity index (χ4v) is 3.16. The van der Waals surface area contributed by atoms with E-state index in [1.807, 2.05) is 6.20 Å². The highest BCUT2D eigenvalue weighted by Crippen LogP contribution is 2.19. The lowest BCUT2D eigenvalue weighted by molar-refractivity contribution is 0.666. The molecule has 0 aliphatic heterocycles.